The van der Waals surface area contributed by atoms with Crippen LogP contribution in [0.15, 0.2) is 47.1 Å². The van der Waals surface area contributed by atoms with Gasteiger partial charge in [-0.25, -0.2) is 4.39 Å². The van der Waals surface area contributed by atoms with E-state index in [9.17, 15) is 9.18 Å². The molecular formula is C33H37FN4O2. The molecule has 3 unspecified atom stereocenters. The highest BCUT2D eigenvalue weighted by atomic mass is 19.1. The van der Waals surface area contributed by atoms with Crippen molar-refractivity contribution < 1.29 is 13.7 Å². The predicted molar refractivity (Wildman–Crippen MR) is 150 cm³/mol. The number of carbonyl (C=O) groups excluding carboxylic acids is 1. The van der Waals surface area contributed by atoms with Gasteiger partial charge in [0.1, 0.15) is 5.67 Å². The number of alkyl halides is 1. The van der Waals surface area contributed by atoms with Crippen molar-refractivity contribution in [3.05, 3.63) is 59.9 Å². The van der Waals surface area contributed by atoms with Crippen LogP contribution in [-0.4, -0.2) is 33.2 Å². The Kier molecular flexibility index (Phi) is 5.37. The monoisotopic (exact) mass is 540 g/mol. The summed E-state index contributed by atoms with van der Waals surface area (Å²) in [5.74, 6) is 3.27. The van der Waals surface area contributed by atoms with Gasteiger partial charge in [0.25, 0.3) is 0 Å². The fourth-order valence-electron chi connectivity index (χ4n) is 8.42. The second-order valence-corrected chi connectivity index (χ2v) is 13.8. The third kappa shape index (κ3) is 3.94. The number of carbonyl (C=O) groups is 1. The Morgan fingerprint density at radius 3 is 2.70 bits per heavy atom. The lowest BCUT2D eigenvalue weighted by molar-refractivity contribution is -0.211. The molecule has 0 radical (unpaired) electrons. The zero-order valence-electron chi connectivity index (χ0n) is 23.2. The van der Waals surface area contributed by atoms with Gasteiger partial charge < -0.3 is 9.42 Å². The molecule has 2 heterocycles. The lowest BCUT2D eigenvalue weighted by atomic mass is 9.42. The summed E-state index contributed by atoms with van der Waals surface area (Å²) < 4.78 is 20.4. The summed E-state index contributed by atoms with van der Waals surface area (Å²) in [4.78, 5) is 25.7. The number of benzene rings is 1. The molecule has 4 bridgehead atoms. The maximum Gasteiger partial charge on any atom is 0.233 e. The average Bonchev–Trinajstić information content (AvgIpc) is 3.66. The number of aromatic nitrogens is 3. The van der Waals surface area contributed by atoms with Crippen LogP contribution in [-0.2, 0) is 10.2 Å². The highest BCUT2D eigenvalue weighted by Crippen LogP contribution is 2.70. The number of hydrogen-bond donors (Lipinski definition) is 0. The number of nitrogens with zero attached hydrogens (tertiary/aromatic N) is 4. The van der Waals surface area contributed by atoms with Gasteiger partial charge in [0, 0.05) is 35.3 Å². The maximum atomic E-state index is 14.5. The lowest BCUT2D eigenvalue weighted by Crippen LogP contribution is -2.70. The molecule has 0 aliphatic heterocycles. The van der Waals surface area contributed by atoms with Gasteiger partial charge in [-0.1, -0.05) is 36.2 Å². The SMILES string of the molecule is Cc1ccc(-c2cccc(N(CC3CCC4(c5nc(C6CC6)no5)CCCC3C4)C(=O)C34CC(F)(C3)C4)c2)nc1. The molecule has 0 saturated heterocycles. The molecular weight excluding hydrogens is 503 g/mol. The van der Waals surface area contributed by atoms with Crippen molar-refractivity contribution in [1.29, 1.82) is 0 Å². The number of aryl methyl sites for hydroxylation is 1. The van der Waals surface area contributed by atoms with E-state index in [0.29, 0.717) is 43.6 Å². The van der Waals surface area contributed by atoms with Gasteiger partial charge in [0.2, 0.25) is 11.8 Å². The van der Waals surface area contributed by atoms with Crippen LogP contribution in [0.25, 0.3) is 11.3 Å². The third-order valence-electron chi connectivity index (χ3n) is 10.8. The van der Waals surface area contributed by atoms with E-state index in [0.717, 1.165) is 66.3 Å². The number of rotatable bonds is 7. The highest BCUT2D eigenvalue weighted by molar-refractivity contribution is 6.00. The minimum atomic E-state index is -1.10. The smallest absolute Gasteiger partial charge is 0.233 e. The predicted octanol–water partition coefficient (Wildman–Crippen LogP) is 7.08. The standard InChI is InChI=1S/C33H37FN4O2/c1-21-7-10-27(35-16-21)23-4-2-6-26(14-23)38(30(39)32-18-33(34,19-32)20-32)17-25-11-13-31(12-3-5-24(25)15-31)29-36-28(37-40-29)22-8-9-22/h2,4,6-7,10,14,16,22,24-25H,3,5,8-9,11-13,15,17-20H2,1H3. The molecule has 1 aromatic carbocycles. The normalized spacial score (nSPS) is 34.0. The van der Waals surface area contributed by atoms with Gasteiger partial charge in [-0.15, -0.1) is 0 Å². The fraction of sp³-hybridized carbons (Fsp3) is 0.576. The molecule has 6 fully saturated rings. The van der Waals surface area contributed by atoms with E-state index in [1.807, 2.05) is 36.2 Å². The fourth-order valence-corrected chi connectivity index (χ4v) is 8.42. The molecule has 2 aromatic heterocycles. The van der Waals surface area contributed by atoms with E-state index < -0.39 is 11.1 Å². The van der Waals surface area contributed by atoms with Gasteiger partial charge >= 0.3 is 0 Å². The molecule has 9 rings (SSSR count). The Balaban J connectivity index is 1.07. The van der Waals surface area contributed by atoms with E-state index in [1.54, 1.807) is 0 Å². The number of hydrogen-bond acceptors (Lipinski definition) is 5. The van der Waals surface area contributed by atoms with Crippen LogP contribution in [0.5, 0.6) is 0 Å². The quantitative estimate of drug-likeness (QED) is 0.320. The number of amides is 1. The average molecular weight is 541 g/mol. The molecule has 3 atom stereocenters. The zero-order chi connectivity index (χ0) is 27.1. The number of halogens is 1. The van der Waals surface area contributed by atoms with Crippen LogP contribution < -0.4 is 4.90 Å². The second-order valence-electron chi connectivity index (χ2n) is 13.8. The van der Waals surface area contributed by atoms with E-state index in [2.05, 4.69) is 28.3 Å². The number of fused-ring (bicyclic) bond motifs is 2. The van der Waals surface area contributed by atoms with Crippen molar-refractivity contribution in [3.63, 3.8) is 0 Å². The Bertz CT molecular complexity index is 1440. The topological polar surface area (TPSA) is 72.1 Å². The summed E-state index contributed by atoms with van der Waals surface area (Å²) in [5, 5.41) is 4.34. The largest absolute Gasteiger partial charge is 0.339 e. The van der Waals surface area contributed by atoms with Crippen molar-refractivity contribution in [2.75, 3.05) is 11.4 Å². The second kappa shape index (κ2) is 8.70. The minimum Gasteiger partial charge on any atom is -0.339 e. The molecule has 6 saturated carbocycles. The summed E-state index contributed by atoms with van der Waals surface area (Å²) in [6, 6.07) is 12.3. The van der Waals surface area contributed by atoms with E-state index in [-0.39, 0.29) is 11.3 Å². The molecule has 6 aliphatic carbocycles. The molecule has 6 aliphatic rings. The van der Waals surface area contributed by atoms with Crippen LogP contribution >= 0.6 is 0 Å². The maximum absolute atomic E-state index is 14.5. The molecule has 6 nitrogen and oxygen atoms in total. The van der Waals surface area contributed by atoms with Gasteiger partial charge in [-0.2, -0.15) is 4.98 Å². The van der Waals surface area contributed by atoms with Crippen molar-refractivity contribution in [1.82, 2.24) is 15.1 Å². The van der Waals surface area contributed by atoms with Crippen molar-refractivity contribution in [3.8, 4) is 11.3 Å². The molecule has 40 heavy (non-hydrogen) atoms. The van der Waals surface area contributed by atoms with E-state index >= 15 is 0 Å². The van der Waals surface area contributed by atoms with Crippen LogP contribution in [0.4, 0.5) is 10.1 Å². The van der Waals surface area contributed by atoms with Crippen molar-refractivity contribution in [2.45, 2.75) is 94.6 Å². The van der Waals surface area contributed by atoms with Crippen LogP contribution in [0, 0.1) is 24.2 Å². The summed E-state index contributed by atoms with van der Waals surface area (Å²) in [7, 11) is 0. The minimum absolute atomic E-state index is 0.0140. The molecule has 1 amide bonds. The van der Waals surface area contributed by atoms with Crippen LogP contribution in [0.1, 0.15) is 93.8 Å². The summed E-state index contributed by atoms with van der Waals surface area (Å²) in [5.41, 5.74) is 2.28. The van der Waals surface area contributed by atoms with E-state index in [4.69, 9.17) is 9.51 Å². The van der Waals surface area contributed by atoms with Gasteiger partial charge in [0.05, 0.1) is 11.1 Å². The highest BCUT2D eigenvalue weighted by Gasteiger charge is 2.73. The van der Waals surface area contributed by atoms with Gasteiger partial charge in [-0.05, 0) is 100 Å². The molecule has 208 valence electrons. The summed E-state index contributed by atoms with van der Waals surface area (Å²) in [6.07, 6.45) is 11.9. The molecule has 7 heteroatoms. The number of pyridine rings is 1. The first-order chi connectivity index (χ1) is 19.3. The Hall–Kier alpha value is -3.09. The summed E-state index contributed by atoms with van der Waals surface area (Å²) >= 11 is 0. The molecule has 3 aromatic rings. The number of anilines is 1. The van der Waals surface area contributed by atoms with Crippen molar-refractivity contribution in [2.24, 2.45) is 17.3 Å². The van der Waals surface area contributed by atoms with Crippen LogP contribution in [0.2, 0.25) is 0 Å². The van der Waals surface area contributed by atoms with E-state index in [1.165, 1.54) is 19.3 Å². The summed E-state index contributed by atoms with van der Waals surface area (Å²) in [6.45, 7) is 2.71. The first-order valence-corrected chi connectivity index (χ1v) is 15.2. The Morgan fingerprint density at radius 1 is 1.10 bits per heavy atom. The first kappa shape index (κ1) is 24.7. The molecule has 0 spiro atoms. The third-order valence-corrected chi connectivity index (χ3v) is 10.8. The van der Waals surface area contributed by atoms with Crippen molar-refractivity contribution >= 4 is 11.6 Å². The van der Waals surface area contributed by atoms with Gasteiger partial charge in [-0.3, -0.25) is 9.78 Å². The lowest BCUT2D eigenvalue weighted by Gasteiger charge is -2.65. The Morgan fingerprint density at radius 2 is 1.95 bits per heavy atom. The first-order valence-electron chi connectivity index (χ1n) is 15.2. The zero-order valence-corrected chi connectivity index (χ0v) is 23.2. The van der Waals surface area contributed by atoms with Crippen LogP contribution in [0.3, 0.4) is 0 Å². The molecule has 0 N–H and O–H groups in total. The van der Waals surface area contributed by atoms with Gasteiger partial charge in [0.15, 0.2) is 5.82 Å². The Labute approximate surface area is 234 Å².